The zero-order chi connectivity index (χ0) is 23.4. The summed E-state index contributed by atoms with van der Waals surface area (Å²) in [5.41, 5.74) is -1.72. The van der Waals surface area contributed by atoms with Gasteiger partial charge in [-0.25, -0.2) is 0 Å². The van der Waals surface area contributed by atoms with E-state index in [-0.39, 0.29) is 0 Å². The van der Waals surface area contributed by atoms with Crippen molar-refractivity contribution in [2.75, 3.05) is 18.0 Å². The molecule has 0 radical (unpaired) electrons. The maximum absolute atomic E-state index is 10.4. The summed E-state index contributed by atoms with van der Waals surface area (Å²) in [6.07, 6.45) is 5.96. The van der Waals surface area contributed by atoms with Crippen molar-refractivity contribution in [3.63, 3.8) is 0 Å². The number of hydrogen-bond acceptors (Lipinski definition) is 8. The van der Waals surface area contributed by atoms with Crippen LogP contribution >= 0.6 is 0 Å². The number of para-hydroxylation sites is 1. The van der Waals surface area contributed by atoms with Crippen LogP contribution in [0.1, 0.15) is 12.8 Å². The Hall–Kier alpha value is -4.28. The summed E-state index contributed by atoms with van der Waals surface area (Å²) in [5, 5.41) is 40.2. The van der Waals surface area contributed by atoms with Crippen LogP contribution < -0.4 is 4.90 Å². The van der Waals surface area contributed by atoms with Crippen molar-refractivity contribution in [1.82, 2.24) is 0 Å². The molecule has 0 saturated carbocycles. The SMILES string of the molecule is C=CCCN(CCC=C)c1ccccc1.O=[N+]([O-])c1cc([N+](=O)[O-])c(O)c([N+](=O)[O-])c1. The van der Waals surface area contributed by atoms with Crippen LogP contribution in [0.15, 0.2) is 67.8 Å². The molecule has 0 aliphatic heterocycles. The van der Waals surface area contributed by atoms with Gasteiger partial charge in [0.05, 0.1) is 26.9 Å². The molecule has 0 unspecified atom stereocenters. The number of phenols is 1. The number of phenolic OH excluding ortho intramolecular Hbond substituents is 1. The molecule has 2 aromatic rings. The fraction of sp³-hybridized carbons (Fsp3) is 0.200. The molecule has 164 valence electrons. The predicted molar refractivity (Wildman–Crippen MR) is 116 cm³/mol. The summed E-state index contributed by atoms with van der Waals surface area (Å²) in [6, 6.07) is 11.4. The van der Waals surface area contributed by atoms with Crippen molar-refractivity contribution in [2.24, 2.45) is 0 Å². The van der Waals surface area contributed by atoms with E-state index in [0.717, 1.165) is 25.9 Å². The molecule has 0 atom stereocenters. The molecular weight excluding hydrogens is 408 g/mol. The van der Waals surface area contributed by atoms with Gasteiger partial charge in [-0.15, -0.1) is 13.2 Å². The van der Waals surface area contributed by atoms with Gasteiger partial charge in [-0.2, -0.15) is 0 Å². The summed E-state index contributed by atoms with van der Waals surface area (Å²) in [5.74, 6) is -1.21. The second kappa shape index (κ2) is 12.3. The Balaban J connectivity index is 0.000000311. The number of benzene rings is 2. The van der Waals surface area contributed by atoms with Crippen LogP contribution in [0.5, 0.6) is 5.75 Å². The Labute approximate surface area is 178 Å². The minimum atomic E-state index is -1.21. The Kier molecular flexibility index (Phi) is 9.84. The van der Waals surface area contributed by atoms with E-state index in [1.165, 1.54) is 5.69 Å². The number of rotatable bonds is 10. The molecule has 0 heterocycles. The summed E-state index contributed by atoms with van der Waals surface area (Å²) in [6.45, 7) is 9.58. The second-order valence-electron chi connectivity index (χ2n) is 6.08. The smallest absolute Gasteiger partial charge is 0.324 e. The van der Waals surface area contributed by atoms with Crippen molar-refractivity contribution < 1.29 is 19.9 Å². The highest BCUT2D eigenvalue weighted by atomic mass is 16.6. The Bertz CT molecular complexity index is 901. The van der Waals surface area contributed by atoms with Crippen LogP contribution in [0.3, 0.4) is 0 Å². The lowest BCUT2D eigenvalue weighted by Crippen LogP contribution is -2.24. The number of aromatic hydroxyl groups is 1. The topological polar surface area (TPSA) is 153 Å². The molecule has 0 aliphatic rings. The van der Waals surface area contributed by atoms with Gasteiger partial charge in [0.2, 0.25) is 0 Å². The monoisotopic (exact) mass is 430 g/mol. The lowest BCUT2D eigenvalue weighted by atomic mass is 10.2. The summed E-state index contributed by atoms with van der Waals surface area (Å²) < 4.78 is 0. The van der Waals surface area contributed by atoms with Crippen molar-refractivity contribution in [3.8, 4) is 5.75 Å². The molecule has 31 heavy (non-hydrogen) atoms. The van der Waals surface area contributed by atoms with Crippen LogP contribution in [0.25, 0.3) is 0 Å². The number of hydrogen-bond donors (Lipinski definition) is 1. The van der Waals surface area contributed by atoms with Gasteiger partial charge in [0.25, 0.3) is 11.4 Å². The van der Waals surface area contributed by atoms with E-state index in [1.807, 2.05) is 18.2 Å². The standard InChI is InChI=1S/C14H19N.C6H3N3O7/c1-3-5-12-15(13-6-4-2)14-10-8-7-9-11-14;10-6-4(8(13)14)1-3(7(11)12)2-5(6)9(15)16/h3-4,7-11H,1-2,5-6,12-13H2;1-2,10H. The van der Waals surface area contributed by atoms with Gasteiger partial charge in [-0.1, -0.05) is 30.4 Å². The van der Waals surface area contributed by atoms with Gasteiger partial charge in [0, 0.05) is 18.8 Å². The minimum absolute atomic E-state index is 0.447. The first kappa shape index (κ1) is 24.8. The molecule has 11 heteroatoms. The minimum Gasteiger partial charge on any atom is -0.497 e. The highest BCUT2D eigenvalue weighted by Gasteiger charge is 2.30. The molecule has 2 rings (SSSR count). The van der Waals surface area contributed by atoms with Gasteiger partial charge < -0.3 is 10.0 Å². The fourth-order valence-electron chi connectivity index (χ4n) is 2.48. The molecule has 0 saturated heterocycles. The van der Waals surface area contributed by atoms with Crippen LogP contribution in [-0.4, -0.2) is 33.0 Å². The molecular formula is C20H22N4O7. The molecule has 0 spiro atoms. The van der Waals surface area contributed by atoms with Gasteiger partial charge in [0.1, 0.15) is 0 Å². The van der Waals surface area contributed by atoms with E-state index in [2.05, 4.69) is 42.3 Å². The molecule has 0 aliphatic carbocycles. The molecule has 0 fully saturated rings. The largest absolute Gasteiger partial charge is 0.497 e. The number of nitro groups is 3. The zero-order valence-electron chi connectivity index (χ0n) is 16.6. The molecule has 11 nitrogen and oxygen atoms in total. The van der Waals surface area contributed by atoms with Gasteiger partial charge in [0.15, 0.2) is 0 Å². The first-order valence-electron chi connectivity index (χ1n) is 9.04. The van der Waals surface area contributed by atoms with Gasteiger partial charge in [-0.05, 0) is 25.0 Å². The quantitative estimate of drug-likeness (QED) is 0.321. The molecule has 0 aromatic heterocycles. The van der Waals surface area contributed by atoms with Gasteiger partial charge >= 0.3 is 11.4 Å². The van der Waals surface area contributed by atoms with Crippen molar-refractivity contribution in [3.05, 3.63) is 98.1 Å². The zero-order valence-corrected chi connectivity index (χ0v) is 16.6. The highest BCUT2D eigenvalue weighted by molar-refractivity contribution is 5.64. The van der Waals surface area contributed by atoms with Crippen LogP contribution in [0.2, 0.25) is 0 Å². The van der Waals surface area contributed by atoms with Crippen LogP contribution in [0, 0.1) is 30.3 Å². The van der Waals surface area contributed by atoms with Crippen molar-refractivity contribution in [1.29, 1.82) is 0 Å². The Morgan fingerprint density at radius 2 is 1.29 bits per heavy atom. The van der Waals surface area contributed by atoms with Gasteiger partial charge in [-0.3, -0.25) is 30.3 Å². The maximum Gasteiger partial charge on any atom is 0.324 e. The number of anilines is 1. The first-order valence-corrected chi connectivity index (χ1v) is 9.04. The molecule has 2 aromatic carbocycles. The van der Waals surface area contributed by atoms with Crippen LogP contribution in [0.4, 0.5) is 22.7 Å². The molecule has 1 N–H and O–H groups in total. The maximum atomic E-state index is 10.4. The predicted octanol–water partition coefficient (Wildman–Crippen LogP) is 4.76. The normalized spacial score (nSPS) is 9.68. The van der Waals surface area contributed by atoms with E-state index >= 15 is 0 Å². The molecule has 0 amide bonds. The summed E-state index contributed by atoms with van der Waals surface area (Å²) in [7, 11) is 0. The molecule has 0 bridgehead atoms. The average molecular weight is 430 g/mol. The van der Waals surface area contributed by atoms with E-state index in [0.29, 0.717) is 12.1 Å². The lowest BCUT2D eigenvalue weighted by Gasteiger charge is -2.23. The average Bonchev–Trinajstić information content (AvgIpc) is 2.74. The van der Waals surface area contributed by atoms with Crippen molar-refractivity contribution >= 4 is 22.7 Å². The first-order chi connectivity index (χ1) is 14.7. The number of non-ortho nitro benzene ring substituents is 1. The Morgan fingerprint density at radius 3 is 1.65 bits per heavy atom. The fourth-order valence-corrected chi connectivity index (χ4v) is 2.48. The highest BCUT2D eigenvalue weighted by Crippen LogP contribution is 2.38. The summed E-state index contributed by atoms with van der Waals surface area (Å²) in [4.78, 5) is 30.1. The second-order valence-corrected chi connectivity index (χ2v) is 6.08. The Morgan fingerprint density at radius 1 is 0.839 bits per heavy atom. The summed E-state index contributed by atoms with van der Waals surface area (Å²) >= 11 is 0. The van der Waals surface area contributed by atoms with E-state index < -0.39 is 37.6 Å². The lowest BCUT2D eigenvalue weighted by molar-refractivity contribution is -0.404. The third kappa shape index (κ3) is 7.57. The number of nitro benzene ring substituents is 3. The van der Waals surface area contributed by atoms with E-state index in [1.54, 1.807) is 0 Å². The van der Waals surface area contributed by atoms with Crippen molar-refractivity contribution in [2.45, 2.75) is 12.8 Å². The van der Waals surface area contributed by atoms with E-state index in [4.69, 9.17) is 5.11 Å². The third-order valence-electron chi connectivity index (χ3n) is 3.99. The van der Waals surface area contributed by atoms with E-state index in [9.17, 15) is 30.3 Å². The number of nitrogens with zero attached hydrogens (tertiary/aromatic N) is 4. The third-order valence-corrected chi connectivity index (χ3v) is 3.99. The van der Waals surface area contributed by atoms with Crippen LogP contribution in [-0.2, 0) is 0 Å².